The molecule has 3 rings (SSSR count). The van der Waals surface area contributed by atoms with Gasteiger partial charge in [-0.25, -0.2) is 18.2 Å². The van der Waals surface area contributed by atoms with Gasteiger partial charge in [-0.15, -0.1) is 0 Å². The van der Waals surface area contributed by atoms with Gasteiger partial charge in [0.15, 0.2) is 0 Å². The predicted molar refractivity (Wildman–Crippen MR) is 114 cm³/mol. The summed E-state index contributed by atoms with van der Waals surface area (Å²) < 4.78 is 36.8. The smallest absolute Gasteiger partial charge is 0.340 e. The molecule has 1 aliphatic heterocycles. The summed E-state index contributed by atoms with van der Waals surface area (Å²) >= 11 is 5.94. The second kappa shape index (κ2) is 9.63. The molecule has 0 radical (unpaired) electrons. The Morgan fingerprint density at radius 2 is 1.90 bits per heavy atom. The van der Waals surface area contributed by atoms with Gasteiger partial charge < -0.3 is 14.8 Å². The minimum absolute atomic E-state index is 0.0551. The van der Waals surface area contributed by atoms with E-state index < -0.39 is 21.9 Å². The molecule has 0 bridgehead atoms. The quantitative estimate of drug-likeness (QED) is 0.512. The van der Waals surface area contributed by atoms with E-state index >= 15 is 0 Å². The Kier molecular flexibility index (Phi) is 7.14. The van der Waals surface area contributed by atoms with E-state index in [0.717, 1.165) is 0 Å². The number of hydrogen-bond acceptors (Lipinski definition) is 7. The highest BCUT2D eigenvalue weighted by atomic mass is 35.5. The Morgan fingerprint density at radius 1 is 1.19 bits per heavy atom. The van der Waals surface area contributed by atoms with Crippen LogP contribution in [0.2, 0.25) is 5.15 Å². The molecule has 0 atom stereocenters. The fourth-order valence-electron chi connectivity index (χ4n) is 3.33. The summed E-state index contributed by atoms with van der Waals surface area (Å²) in [4.78, 5) is 28.6. The number of aromatic nitrogens is 1. The number of rotatable bonds is 6. The topological polar surface area (TPSA) is 115 Å². The monoisotopic (exact) mass is 467 g/mol. The maximum Gasteiger partial charge on any atom is 0.340 e. The van der Waals surface area contributed by atoms with Crippen molar-refractivity contribution in [3.63, 3.8) is 0 Å². The van der Waals surface area contributed by atoms with E-state index in [1.807, 2.05) is 0 Å². The molecule has 9 nitrogen and oxygen atoms in total. The second-order valence-corrected chi connectivity index (χ2v) is 9.13. The molecular weight excluding hydrogens is 446 g/mol. The van der Waals surface area contributed by atoms with E-state index in [1.54, 1.807) is 12.1 Å². The first-order valence-electron chi connectivity index (χ1n) is 9.45. The molecular formula is C20H22ClN3O6S. The summed E-state index contributed by atoms with van der Waals surface area (Å²) in [6, 6.07) is 7.57. The zero-order valence-electron chi connectivity index (χ0n) is 17.0. The zero-order valence-corrected chi connectivity index (χ0v) is 18.6. The number of amides is 1. The number of esters is 1. The lowest BCUT2D eigenvalue weighted by Crippen LogP contribution is -2.41. The maximum atomic E-state index is 12.8. The molecule has 31 heavy (non-hydrogen) atoms. The Labute approximate surface area is 185 Å². The molecule has 1 amide bonds. The molecule has 1 aromatic carbocycles. The number of carbonyl (C=O) groups is 2. The fourth-order valence-corrected chi connectivity index (χ4v) is 5.23. The van der Waals surface area contributed by atoms with Crippen molar-refractivity contribution < 1.29 is 27.5 Å². The number of methoxy groups -OCH3 is 2. The van der Waals surface area contributed by atoms with Crippen molar-refractivity contribution >= 4 is 39.2 Å². The van der Waals surface area contributed by atoms with E-state index in [-0.39, 0.29) is 34.6 Å². The SMILES string of the molecule is COC(=O)c1cc(OC)ccc1NC(=O)C1CCN(S(=O)(=O)c2cccnc2Cl)CC1. The van der Waals surface area contributed by atoms with Gasteiger partial charge in [0.2, 0.25) is 15.9 Å². The lowest BCUT2D eigenvalue weighted by atomic mass is 9.97. The van der Waals surface area contributed by atoms with Crippen molar-refractivity contribution in [2.24, 2.45) is 5.92 Å². The van der Waals surface area contributed by atoms with Crippen molar-refractivity contribution in [3.8, 4) is 5.75 Å². The number of piperidine rings is 1. The molecule has 0 spiro atoms. The van der Waals surface area contributed by atoms with Crippen LogP contribution in [0.5, 0.6) is 5.75 Å². The third-order valence-electron chi connectivity index (χ3n) is 5.06. The molecule has 0 saturated carbocycles. The zero-order chi connectivity index (χ0) is 22.6. The van der Waals surface area contributed by atoms with E-state index in [1.165, 1.54) is 42.9 Å². The maximum absolute atomic E-state index is 12.8. The Balaban J connectivity index is 1.69. The molecule has 2 heterocycles. The first kappa shape index (κ1) is 23.0. The summed E-state index contributed by atoms with van der Waals surface area (Å²) in [7, 11) is -1.08. The van der Waals surface area contributed by atoms with E-state index in [4.69, 9.17) is 21.1 Å². The van der Waals surface area contributed by atoms with Crippen LogP contribution < -0.4 is 10.1 Å². The lowest BCUT2D eigenvalue weighted by Gasteiger charge is -2.30. The fraction of sp³-hybridized carbons (Fsp3) is 0.350. The van der Waals surface area contributed by atoms with Gasteiger partial charge in [-0.2, -0.15) is 4.31 Å². The lowest BCUT2D eigenvalue weighted by molar-refractivity contribution is -0.120. The summed E-state index contributed by atoms with van der Waals surface area (Å²) in [5.41, 5.74) is 0.469. The summed E-state index contributed by atoms with van der Waals surface area (Å²) in [6.45, 7) is 0.330. The number of hydrogen-bond donors (Lipinski definition) is 1. The van der Waals surface area contributed by atoms with Gasteiger partial charge in [-0.05, 0) is 43.2 Å². The van der Waals surface area contributed by atoms with Crippen molar-refractivity contribution in [1.29, 1.82) is 0 Å². The van der Waals surface area contributed by atoms with Crippen LogP contribution in [0.3, 0.4) is 0 Å². The van der Waals surface area contributed by atoms with Crippen molar-refractivity contribution in [2.45, 2.75) is 17.7 Å². The normalized spacial score (nSPS) is 15.3. The highest BCUT2D eigenvalue weighted by molar-refractivity contribution is 7.89. The highest BCUT2D eigenvalue weighted by Crippen LogP contribution is 2.29. The number of ether oxygens (including phenoxy) is 2. The number of carbonyl (C=O) groups excluding carboxylic acids is 2. The minimum Gasteiger partial charge on any atom is -0.497 e. The average molecular weight is 468 g/mol. The number of nitrogens with one attached hydrogen (secondary N) is 1. The van der Waals surface area contributed by atoms with E-state index in [9.17, 15) is 18.0 Å². The molecule has 0 unspecified atom stereocenters. The van der Waals surface area contributed by atoms with Crippen LogP contribution in [0.25, 0.3) is 0 Å². The van der Waals surface area contributed by atoms with Gasteiger partial charge in [0.1, 0.15) is 15.8 Å². The van der Waals surface area contributed by atoms with Crippen LogP contribution >= 0.6 is 11.6 Å². The molecule has 0 aliphatic carbocycles. The van der Waals surface area contributed by atoms with Gasteiger partial charge in [0.25, 0.3) is 0 Å². The number of sulfonamides is 1. The first-order chi connectivity index (χ1) is 14.8. The third kappa shape index (κ3) is 4.97. The Hall–Kier alpha value is -2.69. The predicted octanol–water partition coefficient (Wildman–Crippen LogP) is 2.57. The third-order valence-corrected chi connectivity index (χ3v) is 7.40. The van der Waals surface area contributed by atoms with Crippen LogP contribution in [0, 0.1) is 5.92 Å². The van der Waals surface area contributed by atoms with Crippen LogP contribution in [0.4, 0.5) is 5.69 Å². The summed E-state index contributed by atoms with van der Waals surface area (Å²) in [6.07, 6.45) is 2.07. The molecule has 1 aliphatic rings. The Morgan fingerprint density at radius 3 is 2.52 bits per heavy atom. The number of nitrogens with zero attached hydrogens (tertiary/aromatic N) is 2. The van der Waals surface area contributed by atoms with Gasteiger partial charge in [-0.3, -0.25) is 4.79 Å². The largest absolute Gasteiger partial charge is 0.497 e. The number of benzene rings is 1. The molecule has 1 saturated heterocycles. The highest BCUT2D eigenvalue weighted by Gasteiger charge is 2.33. The van der Waals surface area contributed by atoms with Gasteiger partial charge >= 0.3 is 5.97 Å². The van der Waals surface area contributed by atoms with Gasteiger partial charge in [0, 0.05) is 25.2 Å². The summed E-state index contributed by atoms with van der Waals surface area (Å²) in [5.74, 6) is -0.871. The van der Waals surface area contributed by atoms with Crippen molar-refractivity contribution in [2.75, 3.05) is 32.6 Å². The molecule has 1 fully saturated rings. The van der Waals surface area contributed by atoms with Gasteiger partial charge in [-0.1, -0.05) is 11.6 Å². The van der Waals surface area contributed by atoms with Gasteiger partial charge in [0.05, 0.1) is 25.5 Å². The molecule has 1 aromatic heterocycles. The first-order valence-corrected chi connectivity index (χ1v) is 11.3. The van der Waals surface area contributed by atoms with E-state index in [0.29, 0.717) is 24.3 Å². The van der Waals surface area contributed by atoms with Crippen LogP contribution in [-0.4, -0.2) is 56.9 Å². The van der Waals surface area contributed by atoms with Crippen LogP contribution in [0.15, 0.2) is 41.4 Å². The standard InChI is InChI=1S/C20H22ClN3O6S/c1-29-14-5-6-16(15(12-14)20(26)30-2)23-19(25)13-7-10-24(11-8-13)31(27,28)17-4-3-9-22-18(17)21/h3-6,9,12-13H,7-8,10-11H2,1-2H3,(H,23,25). The molecule has 1 N–H and O–H groups in total. The molecule has 2 aromatic rings. The second-order valence-electron chi connectivity index (χ2n) is 6.86. The molecule has 11 heteroatoms. The summed E-state index contributed by atoms with van der Waals surface area (Å²) in [5, 5.41) is 2.66. The number of halogens is 1. The average Bonchev–Trinajstić information content (AvgIpc) is 2.79. The minimum atomic E-state index is -3.80. The van der Waals surface area contributed by atoms with Crippen molar-refractivity contribution in [1.82, 2.24) is 9.29 Å². The number of pyridine rings is 1. The van der Waals surface area contributed by atoms with E-state index in [2.05, 4.69) is 10.3 Å². The Bertz CT molecular complexity index is 1080. The van der Waals surface area contributed by atoms with Crippen LogP contribution in [0.1, 0.15) is 23.2 Å². The van der Waals surface area contributed by atoms with Crippen LogP contribution in [-0.2, 0) is 19.6 Å². The number of anilines is 1. The molecule has 166 valence electrons. The van der Waals surface area contributed by atoms with Crippen molar-refractivity contribution in [3.05, 3.63) is 47.2 Å².